The first-order chi connectivity index (χ1) is 7.59. The van der Waals surface area contributed by atoms with Gasteiger partial charge < -0.3 is 0 Å². The summed E-state index contributed by atoms with van der Waals surface area (Å²) < 4.78 is 0. The fraction of sp³-hybridized carbons (Fsp3) is 0.364. The topological polar surface area (TPSA) is 62.3 Å². The quantitative estimate of drug-likeness (QED) is 0.768. The van der Waals surface area contributed by atoms with E-state index in [1.807, 2.05) is 13.0 Å². The van der Waals surface area contributed by atoms with E-state index in [1.54, 1.807) is 24.2 Å². The van der Waals surface area contributed by atoms with Crippen LogP contribution in [0.25, 0.3) is 0 Å². The zero-order valence-electron chi connectivity index (χ0n) is 9.23. The zero-order valence-corrected chi connectivity index (χ0v) is 9.23. The molecule has 0 radical (unpaired) electrons. The Kier molecular flexibility index (Phi) is 2.60. The summed E-state index contributed by atoms with van der Waals surface area (Å²) in [4.78, 5) is 28.5. The van der Waals surface area contributed by atoms with E-state index >= 15 is 0 Å². The molecule has 84 valence electrons. The van der Waals surface area contributed by atoms with Gasteiger partial charge in [0.1, 0.15) is 0 Å². The van der Waals surface area contributed by atoms with Crippen LogP contribution in [0.2, 0.25) is 0 Å². The van der Waals surface area contributed by atoms with E-state index in [9.17, 15) is 9.59 Å². The molecule has 1 aromatic heterocycles. The number of carbonyl (C=O) groups is 2. The number of urea groups is 1. The average Bonchev–Trinajstić information content (AvgIpc) is 2.25. The first kappa shape index (κ1) is 10.6. The third kappa shape index (κ3) is 1.76. The molecule has 2 heterocycles. The highest BCUT2D eigenvalue weighted by Gasteiger charge is 2.30. The number of carbonyl (C=O) groups excluding carboxylic acids is 2. The molecule has 0 aromatic carbocycles. The Bertz CT molecular complexity index is 445. The molecular weight excluding hydrogens is 206 g/mol. The van der Waals surface area contributed by atoms with Crippen LogP contribution >= 0.6 is 0 Å². The number of hydrogen-bond acceptors (Lipinski definition) is 3. The molecule has 2 rings (SSSR count). The lowest BCUT2D eigenvalue weighted by molar-refractivity contribution is -0.123. The molecule has 16 heavy (non-hydrogen) atoms. The van der Waals surface area contributed by atoms with Crippen molar-refractivity contribution in [3.63, 3.8) is 0 Å². The van der Waals surface area contributed by atoms with E-state index in [4.69, 9.17) is 0 Å². The van der Waals surface area contributed by atoms with Gasteiger partial charge in [0.25, 0.3) is 0 Å². The normalized spacial score (nSPS) is 20.9. The molecule has 0 spiro atoms. The molecule has 5 nitrogen and oxygen atoms in total. The minimum atomic E-state index is -0.376. The van der Waals surface area contributed by atoms with Crippen LogP contribution < -0.4 is 10.2 Å². The van der Waals surface area contributed by atoms with Crippen LogP contribution in [0.5, 0.6) is 0 Å². The maximum absolute atomic E-state index is 11.7. The monoisotopic (exact) mass is 219 g/mol. The maximum atomic E-state index is 11.7. The molecule has 1 atom stereocenters. The Labute approximate surface area is 93.5 Å². The van der Waals surface area contributed by atoms with Gasteiger partial charge in [-0.2, -0.15) is 0 Å². The molecule has 1 aromatic rings. The molecule has 1 fully saturated rings. The molecule has 0 aliphatic carbocycles. The van der Waals surface area contributed by atoms with Crippen LogP contribution in [0.1, 0.15) is 12.5 Å². The minimum absolute atomic E-state index is 0.197. The molecule has 1 saturated heterocycles. The number of pyridine rings is 1. The number of aromatic nitrogens is 1. The molecule has 3 amide bonds. The number of rotatable bonds is 1. The number of nitrogens with one attached hydrogen (secondary N) is 1. The third-order valence-electron chi connectivity index (χ3n) is 2.68. The van der Waals surface area contributed by atoms with E-state index in [-0.39, 0.29) is 17.9 Å². The molecule has 1 aliphatic rings. The Morgan fingerprint density at radius 1 is 1.50 bits per heavy atom. The van der Waals surface area contributed by atoms with Crippen LogP contribution in [0.15, 0.2) is 18.5 Å². The number of aryl methyl sites for hydroxylation is 1. The smallest absolute Gasteiger partial charge is 0.292 e. The molecule has 0 saturated carbocycles. The largest absolute Gasteiger partial charge is 0.328 e. The number of anilines is 1. The molecule has 1 unspecified atom stereocenters. The van der Waals surface area contributed by atoms with E-state index in [1.165, 1.54) is 0 Å². The van der Waals surface area contributed by atoms with Crippen molar-refractivity contribution in [1.82, 2.24) is 10.3 Å². The summed E-state index contributed by atoms with van der Waals surface area (Å²) in [6.45, 7) is 4.10. The van der Waals surface area contributed by atoms with Gasteiger partial charge in [0.05, 0.1) is 17.8 Å². The van der Waals surface area contributed by atoms with Crippen molar-refractivity contribution in [1.29, 1.82) is 0 Å². The fourth-order valence-corrected chi connectivity index (χ4v) is 1.68. The van der Waals surface area contributed by atoms with Gasteiger partial charge in [0.15, 0.2) is 0 Å². The van der Waals surface area contributed by atoms with Crippen molar-refractivity contribution in [2.24, 2.45) is 5.92 Å². The average molecular weight is 219 g/mol. The molecule has 1 N–H and O–H groups in total. The second-order valence-electron chi connectivity index (χ2n) is 3.97. The Morgan fingerprint density at radius 3 is 2.94 bits per heavy atom. The minimum Gasteiger partial charge on any atom is -0.292 e. The number of imide groups is 1. The van der Waals surface area contributed by atoms with Gasteiger partial charge in [-0.1, -0.05) is 6.92 Å². The van der Waals surface area contributed by atoms with Gasteiger partial charge in [0, 0.05) is 12.7 Å². The van der Waals surface area contributed by atoms with Crippen molar-refractivity contribution in [2.45, 2.75) is 13.8 Å². The Hall–Kier alpha value is -1.91. The van der Waals surface area contributed by atoms with Gasteiger partial charge in [-0.25, -0.2) is 4.79 Å². The van der Waals surface area contributed by atoms with Crippen molar-refractivity contribution < 1.29 is 9.59 Å². The van der Waals surface area contributed by atoms with Crippen LogP contribution in [-0.2, 0) is 4.79 Å². The molecular formula is C11H13N3O2. The first-order valence-corrected chi connectivity index (χ1v) is 5.12. The summed E-state index contributed by atoms with van der Waals surface area (Å²) in [7, 11) is 0. The Morgan fingerprint density at radius 2 is 2.25 bits per heavy atom. The summed E-state index contributed by atoms with van der Waals surface area (Å²) >= 11 is 0. The lowest BCUT2D eigenvalue weighted by Crippen LogP contribution is -2.54. The predicted molar refractivity (Wildman–Crippen MR) is 59.0 cm³/mol. The van der Waals surface area contributed by atoms with E-state index in [0.29, 0.717) is 6.54 Å². The van der Waals surface area contributed by atoms with Crippen LogP contribution in [0.4, 0.5) is 10.5 Å². The summed E-state index contributed by atoms with van der Waals surface area (Å²) in [5.74, 6) is -0.417. The van der Waals surface area contributed by atoms with Crippen molar-refractivity contribution in [3.05, 3.63) is 24.0 Å². The van der Waals surface area contributed by atoms with Crippen molar-refractivity contribution in [3.8, 4) is 0 Å². The van der Waals surface area contributed by atoms with E-state index in [0.717, 1.165) is 11.3 Å². The van der Waals surface area contributed by atoms with Crippen LogP contribution in [0.3, 0.4) is 0 Å². The van der Waals surface area contributed by atoms with Gasteiger partial charge >= 0.3 is 6.03 Å². The van der Waals surface area contributed by atoms with Gasteiger partial charge in [-0.15, -0.1) is 0 Å². The SMILES string of the molecule is Cc1ccncc1N1CC(C)C(=O)NC1=O. The Balaban J connectivity index is 2.31. The first-order valence-electron chi connectivity index (χ1n) is 5.12. The van der Waals surface area contributed by atoms with Crippen LogP contribution in [0, 0.1) is 12.8 Å². The van der Waals surface area contributed by atoms with Crippen molar-refractivity contribution >= 4 is 17.6 Å². The third-order valence-corrected chi connectivity index (χ3v) is 2.68. The standard InChI is InChI=1S/C11H13N3O2/c1-7-3-4-12-5-9(7)14-6-8(2)10(15)13-11(14)16/h3-5,8H,6H2,1-2H3,(H,13,15,16). The van der Waals surface area contributed by atoms with E-state index < -0.39 is 0 Å². The highest BCUT2D eigenvalue weighted by molar-refractivity contribution is 6.06. The van der Waals surface area contributed by atoms with Gasteiger partial charge in [-0.3, -0.25) is 20.0 Å². The van der Waals surface area contributed by atoms with Gasteiger partial charge in [-0.05, 0) is 18.6 Å². The van der Waals surface area contributed by atoms with E-state index in [2.05, 4.69) is 10.3 Å². The lowest BCUT2D eigenvalue weighted by atomic mass is 10.1. The number of amides is 3. The number of nitrogens with zero attached hydrogens (tertiary/aromatic N) is 2. The summed E-state index contributed by atoms with van der Waals surface area (Å²) in [5, 5.41) is 2.33. The van der Waals surface area contributed by atoms with Crippen LogP contribution in [-0.4, -0.2) is 23.5 Å². The molecule has 5 heteroatoms. The molecule has 0 bridgehead atoms. The van der Waals surface area contributed by atoms with Crippen molar-refractivity contribution in [2.75, 3.05) is 11.4 Å². The summed E-state index contributed by atoms with van der Waals surface area (Å²) in [6.07, 6.45) is 3.31. The zero-order chi connectivity index (χ0) is 11.7. The highest BCUT2D eigenvalue weighted by atomic mass is 16.2. The summed E-state index contributed by atoms with van der Waals surface area (Å²) in [5.41, 5.74) is 1.71. The molecule has 1 aliphatic heterocycles. The lowest BCUT2D eigenvalue weighted by Gasteiger charge is -2.30. The summed E-state index contributed by atoms with van der Waals surface area (Å²) in [6, 6.07) is 1.46. The predicted octanol–water partition coefficient (Wildman–Crippen LogP) is 1.08. The number of hydrogen-bond donors (Lipinski definition) is 1. The fourth-order valence-electron chi connectivity index (χ4n) is 1.68. The second kappa shape index (κ2) is 3.92. The van der Waals surface area contributed by atoms with Gasteiger partial charge in [0.2, 0.25) is 5.91 Å². The maximum Gasteiger partial charge on any atom is 0.328 e. The highest BCUT2D eigenvalue weighted by Crippen LogP contribution is 2.21. The second-order valence-corrected chi connectivity index (χ2v) is 3.97.